The third kappa shape index (κ3) is 7.20. The molecule has 2 amide bonds. The van der Waals surface area contributed by atoms with Crippen LogP contribution in [-0.4, -0.2) is 24.5 Å². The van der Waals surface area contributed by atoms with Gasteiger partial charge >= 0.3 is 0 Å². The number of carbonyl (C=O) groups is 2. The Hall–Kier alpha value is -3.33. The molecule has 0 aliphatic heterocycles. The van der Waals surface area contributed by atoms with E-state index in [0.717, 1.165) is 11.1 Å². The second kappa shape index (κ2) is 9.97. The van der Waals surface area contributed by atoms with E-state index in [9.17, 15) is 9.59 Å². The topological polar surface area (TPSA) is 91.2 Å². The summed E-state index contributed by atoms with van der Waals surface area (Å²) in [6.45, 7) is 3.72. The van der Waals surface area contributed by atoms with Crippen molar-refractivity contribution < 1.29 is 14.3 Å². The smallest absolute Gasteiger partial charge is 0.262 e. The summed E-state index contributed by atoms with van der Waals surface area (Å²) in [5, 5.41) is 14.2. The van der Waals surface area contributed by atoms with Gasteiger partial charge in [0.05, 0.1) is 18.9 Å². The molecule has 2 rings (SSSR count). The molecule has 0 aliphatic carbocycles. The maximum Gasteiger partial charge on any atom is 0.262 e. The number of ether oxygens (including phenoxy) is 1. The molecule has 27 heavy (non-hydrogen) atoms. The van der Waals surface area contributed by atoms with E-state index in [0.29, 0.717) is 24.3 Å². The van der Waals surface area contributed by atoms with Gasteiger partial charge in [0, 0.05) is 11.7 Å². The van der Waals surface area contributed by atoms with Crippen molar-refractivity contribution in [2.24, 2.45) is 0 Å². The van der Waals surface area contributed by atoms with E-state index in [4.69, 9.17) is 10.00 Å². The predicted molar refractivity (Wildman–Crippen MR) is 103 cm³/mol. The fourth-order valence-electron chi connectivity index (χ4n) is 2.41. The van der Waals surface area contributed by atoms with Crippen LogP contribution < -0.4 is 15.4 Å². The number of nitrogens with one attached hydrogen (secondary N) is 2. The Morgan fingerprint density at radius 3 is 2.22 bits per heavy atom. The van der Waals surface area contributed by atoms with Gasteiger partial charge in [0.1, 0.15) is 5.75 Å². The van der Waals surface area contributed by atoms with Crippen LogP contribution in [0.5, 0.6) is 5.75 Å². The van der Waals surface area contributed by atoms with Gasteiger partial charge in [-0.3, -0.25) is 9.59 Å². The normalized spacial score (nSPS) is 10.1. The third-order valence-electron chi connectivity index (χ3n) is 3.63. The Bertz CT molecular complexity index is 806. The Morgan fingerprint density at radius 1 is 1.00 bits per heavy atom. The quantitative estimate of drug-likeness (QED) is 0.752. The van der Waals surface area contributed by atoms with E-state index < -0.39 is 0 Å². The van der Waals surface area contributed by atoms with Gasteiger partial charge in [0.25, 0.3) is 5.91 Å². The molecule has 0 atom stereocenters. The van der Waals surface area contributed by atoms with Crippen molar-refractivity contribution >= 4 is 17.5 Å². The number of hydrogen-bond acceptors (Lipinski definition) is 4. The molecule has 2 N–H and O–H groups in total. The molecule has 6 heteroatoms. The first kappa shape index (κ1) is 20.0. The molecule has 0 saturated heterocycles. The molecule has 0 unspecified atom stereocenters. The lowest BCUT2D eigenvalue weighted by Gasteiger charge is -2.10. The lowest BCUT2D eigenvalue weighted by molar-refractivity contribution is -0.121. The summed E-state index contributed by atoms with van der Waals surface area (Å²) in [6, 6.07) is 16.4. The molecule has 0 spiro atoms. The van der Waals surface area contributed by atoms with Crippen molar-refractivity contribution in [3.05, 3.63) is 59.7 Å². The number of rotatable bonds is 8. The number of benzene rings is 2. The minimum Gasteiger partial charge on any atom is -0.484 e. The Balaban J connectivity index is 1.80. The molecule has 0 radical (unpaired) electrons. The van der Waals surface area contributed by atoms with Gasteiger partial charge < -0.3 is 15.4 Å². The van der Waals surface area contributed by atoms with E-state index in [-0.39, 0.29) is 24.5 Å². The zero-order valence-electron chi connectivity index (χ0n) is 15.5. The van der Waals surface area contributed by atoms with Gasteiger partial charge in [-0.1, -0.05) is 24.3 Å². The van der Waals surface area contributed by atoms with Crippen molar-refractivity contribution in [3.63, 3.8) is 0 Å². The number of nitrogens with zero attached hydrogens (tertiary/aromatic N) is 1. The Labute approximate surface area is 159 Å². The zero-order valence-corrected chi connectivity index (χ0v) is 15.5. The van der Waals surface area contributed by atoms with Crippen LogP contribution in [0.3, 0.4) is 0 Å². The molecule has 0 bridgehead atoms. The van der Waals surface area contributed by atoms with Gasteiger partial charge in [-0.15, -0.1) is 0 Å². The van der Waals surface area contributed by atoms with Crippen LogP contribution in [0.25, 0.3) is 0 Å². The van der Waals surface area contributed by atoms with E-state index >= 15 is 0 Å². The van der Waals surface area contributed by atoms with Gasteiger partial charge in [-0.2, -0.15) is 5.26 Å². The Morgan fingerprint density at radius 2 is 1.63 bits per heavy atom. The summed E-state index contributed by atoms with van der Waals surface area (Å²) >= 11 is 0. The van der Waals surface area contributed by atoms with E-state index in [1.54, 1.807) is 36.4 Å². The SMILES string of the molecule is CC(C)NC(=O)Cc1ccc(NC(=O)COc2ccc(CC#N)cc2)cc1. The van der Waals surface area contributed by atoms with Crippen molar-refractivity contribution in [2.75, 3.05) is 11.9 Å². The molecular formula is C21H23N3O3. The summed E-state index contributed by atoms with van der Waals surface area (Å²) in [7, 11) is 0. The van der Waals surface area contributed by atoms with E-state index in [2.05, 4.69) is 16.7 Å². The molecule has 2 aromatic rings. The minimum absolute atomic E-state index is 0.0315. The van der Waals surface area contributed by atoms with Crippen molar-refractivity contribution in [3.8, 4) is 11.8 Å². The standard InChI is InChI=1S/C21H23N3O3/c1-15(2)23-20(25)13-17-3-7-18(8-4-17)24-21(26)14-27-19-9-5-16(6-10-19)11-12-22/h3-10,15H,11,13-14H2,1-2H3,(H,23,25)(H,24,26). The highest BCUT2D eigenvalue weighted by molar-refractivity contribution is 5.92. The summed E-state index contributed by atoms with van der Waals surface area (Å²) in [5.41, 5.74) is 2.41. The highest BCUT2D eigenvalue weighted by Crippen LogP contribution is 2.13. The summed E-state index contributed by atoms with van der Waals surface area (Å²) in [5.74, 6) is 0.260. The number of amides is 2. The van der Waals surface area contributed by atoms with Crippen molar-refractivity contribution in [1.82, 2.24) is 5.32 Å². The average molecular weight is 365 g/mol. The van der Waals surface area contributed by atoms with Crippen molar-refractivity contribution in [1.29, 1.82) is 5.26 Å². The fourth-order valence-corrected chi connectivity index (χ4v) is 2.41. The van der Waals surface area contributed by atoms with Crippen LogP contribution in [0.15, 0.2) is 48.5 Å². The monoisotopic (exact) mass is 365 g/mol. The van der Waals surface area contributed by atoms with Gasteiger partial charge in [-0.25, -0.2) is 0 Å². The molecule has 0 aromatic heterocycles. The maximum atomic E-state index is 12.0. The molecular weight excluding hydrogens is 342 g/mol. The van der Waals surface area contributed by atoms with Gasteiger partial charge in [-0.05, 0) is 49.2 Å². The third-order valence-corrected chi connectivity index (χ3v) is 3.63. The molecule has 6 nitrogen and oxygen atoms in total. The largest absolute Gasteiger partial charge is 0.484 e. The molecule has 0 aliphatic rings. The van der Waals surface area contributed by atoms with Crippen LogP contribution >= 0.6 is 0 Å². The van der Waals surface area contributed by atoms with Crippen molar-refractivity contribution in [2.45, 2.75) is 32.7 Å². The van der Waals surface area contributed by atoms with Crippen LogP contribution in [-0.2, 0) is 22.4 Å². The van der Waals surface area contributed by atoms with Crippen LogP contribution in [0.4, 0.5) is 5.69 Å². The summed E-state index contributed by atoms with van der Waals surface area (Å²) < 4.78 is 5.44. The highest BCUT2D eigenvalue weighted by atomic mass is 16.5. The first-order chi connectivity index (χ1) is 13.0. The maximum absolute atomic E-state index is 12.0. The number of anilines is 1. The van der Waals surface area contributed by atoms with Crippen LogP contribution in [0, 0.1) is 11.3 Å². The Kier molecular flexibility index (Phi) is 7.38. The molecule has 2 aromatic carbocycles. The average Bonchev–Trinajstić information content (AvgIpc) is 2.62. The highest BCUT2D eigenvalue weighted by Gasteiger charge is 2.07. The second-order valence-electron chi connectivity index (χ2n) is 6.41. The van der Waals surface area contributed by atoms with Crippen LogP contribution in [0.1, 0.15) is 25.0 Å². The molecule has 0 saturated carbocycles. The second-order valence-corrected chi connectivity index (χ2v) is 6.41. The number of hydrogen-bond donors (Lipinski definition) is 2. The van der Waals surface area contributed by atoms with E-state index in [1.165, 1.54) is 0 Å². The fraction of sp³-hybridized carbons (Fsp3) is 0.286. The minimum atomic E-state index is -0.276. The lowest BCUT2D eigenvalue weighted by atomic mass is 10.1. The van der Waals surface area contributed by atoms with Gasteiger partial charge in [0.15, 0.2) is 6.61 Å². The predicted octanol–water partition coefficient (Wildman–Crippen LogP) is 2.84. The summed E-state index contributed by atoms with van der Waals surface area (Å²) in [4.78, 5) is 23.7. The first-order valence-corrected chi connectivity index (χ1v) is 8.73. The molecule has 0 heterocycles. The van der Waals surface area contributed by atoms with Gasteiger partial charge in [0.2, 0.25) is 5.91 Å². The molecule has 140 valence electrons. The number of carbonyl (C=O) groups excluding carboxylic acids is 2. The summed E-state index contributed by atoms with van der Waals surface area (Å²) in [6.07, 6.45) is 0.646. The zero-order chi connectivity index (χ0) is 19.6. The first-order valence-electron chi connectivity index (χ1n) is 8.73. The lowest BCUT2D eigenvalue weighted by Crippen LogP contribution is -2.31. The van der Waals surface area contributed by atoms with Crippen LogP contribution in [0.2, 0.25) is 0 Å². The number of nitriles is 1. The van der Waals surface area contributed by atoms with E-state index in [1.807, 2.05) is 26.0 Å². The molecule has 0 fully saturated rings.